The number of fused-ring (bicyclic) bond motifs is 1. The van der Waals surface area contributed by atoms with Gasteiger partial charge in [0, 0.05) is 25.2 Å². The molecule has 1 aliphatic carbocycles. The third kappa shape index (κ3) is 2.73. The molecule has 0 atom stereocenters. The number of benzene rings is 1. The van der Waals surface area contributed by atoms with E-state index >= 15 is 0 Å². The largest absolute Gasteiger partial charge is 0.339 e. The lowest BCUT2D eigenvalue weighted by atomic mass is 9.93. The third-order valence-corrected chi connectivity index (χ3v) is 4.78. The van der Waals surface area contributed by atoms with Crippen molar-refractivity contribution in [3.63, 3.8) is 0 Å². The second-order valence-electron chi connectivity index (χ2n) is 6.12. The van der Waals surface area contributed by atoms with Gasteiger partial charge in [-0.05, 0) is 49.1 Å². The number of hydrogen-bond donors (Lipinski definition) is 1. The van der Waals surface area contributed by atoms with Gasteiger partial charge in [-0.15, -0.1) is 0 Å². The van der Waals surface area contributed by atoms with Crippen molar-refractivity contribution in [3.05, 3.63) is 34.9 Å². The Morgan fingerprint density at radius 1 is 1.20 bits per heavy atom. The molecule has 3 rings (SSSR count). The van der Waals surface area contributed by atoms with Crippen molar-refractivity contribution in [2.45, 2.75) is 51.1 Å². The molecule has 2 aliphatic rings. The number of hydrogen-bond acceptors (Lipinski definition) is 2. The lowest BCUT2D eigenvalue weighted by Crippen LogP contribution is -2.38. The minimum absolute atomic E-state index is 0.193. The van der Waals surface area contributed by atoms with Crippen LogP contribution in [0.25, 0.3) is 0 Å². The van der Waals surface area contributed by atoms with E-state index in [-0.39, 0.29) is 5.91 Å². The van der Waals surface area contributed by atoms with E-state index in [0.717, 1.165) is 37.9 Å². The van der Waals surface area contributed by atoms with E-state index in [9.17, 15) is 4.79 Å². The van der Waals surface area contributed by atoms with Crippen LogP contribution in [0.1, 0.15) is 53.6 Å². The maximum absolute atomic E-state index is 12.6. The number of carbonyl (C=O) groups is 1. The van der Waals surface area contributed by atoms with Gasteiger partial charge in [0.1, 0.15) is 0 Å². The monoisotopic (exact) mass is 272 g/mol. The summed E-state index contributed by atoms with van der Waals surface area (Å²) >= 11 is 0. The van der Waals surface area contributed by atoms with Crippen LogP contribution in [-0.2, 0) is 13.0 Å². The molecule has 1 aromatic rings. The Labute approximate surface area is 121 Å². The Hall–Kier alpha value is -1.35. The molecule has 108 valence electrons. The second kappa shape index (κ2) is 5.96. The van der Waals surface area contributed by atoms with Gasteiger partial charge in [0.15, 0.2) is 0 Å². The molecule has 1 amide bonds. The van der Waals surface area contributed by atoms with Gasteiger partial charge in [0.2, 0.25) is 0 Å². The fourth-order valence-corrected chi connectivity index (χ4v) is 3.45. The van der Waals surface area contributed by atoms with Gasteiger partial charge in [-0.2, -0.15) is 0 Å². The molecule has 1 aliphatic heterocycles. The molecule has 0 unspecified atom stereocenters. The van der Waals surface area contributed by atoms with Crippen molar-refractivity contribution in [1.29, 1.82) is 0 Å². The van der Waals surface area contributed by atoms with Crippen molar-refractivity contribution in [3.8, 4) is 0 Å². The Bertz CT molecular complexity index is 492. The highest BCUT2D eigenvalue weighted by Crippen LogP contribution is 2.24. The fourth-order valence-electron chi connectivity index (χ4n) is 3.45. The van der Waals surface area contributed by atoms with Crippen LogP contribution in [0.3, 0.4) is 0 Å². The molecule has 20 heavy (non-hydrogen) atoms. The summed E-state index contributed by atoms with van der Waals surface area (Å²) in [7, 11) is 1.97. The van der Waals surface area contributed by atoms with E-state index in [1.54, 1.807) is 0 Å². The highest BCUT2D eigenvalue weighted by atomic mass is 16.2. The van der Waals surface area contributed by atoms with Crippen molar-refractivity contribution in [2.75, 3.05) is 13.6 Å². The van der Waals surface area contributed by atoms with Crippen LogP contribution in [0, 0.1) is 0 Å². The standard InChI is InChI=1S/C17H24N2O/c1-19(16-5-3-2-4-6-16)17(20)14-7-8-15-12-18-10-9-13(15)11-14/h7-8,11,16,18H,2-6,9-10,12H2,1H3. The maximum Gasteiger partial charge on any atom is 0.253 e. The average Bonchev–Trinajstić information content (AvgIpc) is 2.54. The van der Waals surface area contributed by atoms with Gasteiger partial charge in [-0.25, -0.2) is 0 Å². The van der Waals surface area contributed by atoms with Gasteiger partial charge in [0.25, 0.3) is 5.91 Å². The first kappa shape index (κ1) is 13.6. The molecule has 1 heterocycles. The molecule has 0 radical (unpaired) electrons. The zero-order valence-electron chi connectivity index (χ0n) is 12.3. The molecule has 0 aromatic heterocycles. The predicted octanol–water partition coefficient (Wildman–Crippen LogP) is 2.74. The van der Waals surface area contributed by atoms with Crippen LogP contribution in [-0.4, -0.2) is 30.4 Å². The molecule has 0 spiro atoms. The van der Waals surface area contributed by atoms with Crippen LogP contribution in [0.5, 0.6) is 0 Å². The molecule has 1 N–H and O–H groups in total. The topological polar surface area (TPSA) is 32.3 Å². The van der Waals surface area contributed by atoms with E-state index in [0.29, 0.717) is 6.04 Å². The summed E-state index contributed by atoms with van der Waals surface area (Å²) in [6.07, 6.45) is 7.21. The molecule has 3 nitrogen and oxygen atoms in total. The van der Waals surface area contributed by atoms with Crippen molar-refractivity contribution >= 4 is 5.91 Å². The van der Waals surface area contributed by atoms with Gasteiger partial charge in [-0.1, -0.05) is 25.3 Å². The van der Waals surface area contributed by atoms with Crippen LogP contribution in [0.15, 0.2) is 18.2 Å². The maximum atomic E-state index is 12.6. The highest BCUT2D eigenvalue weighted by Gasteiger charge is 2.23. The number of nitrogens with zero attached hydrogens (tertiary/aromatic N) is 1. The first-order chi connectivity index (χ1) is 9.75. The molecule has 3 heteroatoms. The number of nitrogens with one attached hydrogen (secondary N) is 1. The zero-order chi connectivity index (χ0) is 13.9. The summed E-state index contributed by atoms with van der Waals surface area (Å²) in [5.74, 6) is 0.193. The number of carbonyl (C=O) groups excluding carboxylic acids is 1. The normalized spacial score (nSPS) is 19.4. The molecule has 1 saturated carbocycles. The van der Waals surface area contributed by atoms with Crippen molar-refractivity contribution in [2.24, 2.45) is 0 Å². The second-order valence-corrected chi connectivity index (χ2v) is 6.12. The summed E-state index contributed by atoms with van der Waals surface area (Å²) in [5.41, 5.74) is 3.54. The zero-order valence-corrected chi connectivity index (χ0v) is 12.3. The van der Waals surface area contributed by atoms with Crippen LogP contribution in [0.2, 0.25) is 0 Å². The van der Waals surface area contributed by atoms with E-state index in [2.05, 4.69) is 17.4 Å². The average molecular weight is 272 g/mol. The minimum Gasteiger partial charge on any atom is -0.339 e. The summed E-state index contributed by atoms with van der Waals surface area (Å²) in [6, 6.07) is 6.66. The highest BCUT2D eigenvalue weighted by molar-refractivity contribution is 5.94. The van der Waals surface area contributed by atoms with Gasteiger partial charge in [-0.3, -0.25) is 4.79 Å². The third-order valence-electron chi connectivity index (χ3n) is 4.78. The Morgan fingerprint density at radius 3 is 2.80 bits per heavy atom. The molecular weight excluding hydrogens is 248 g/mol. The minimum atomic E-state index is 0.193. The van der Waals surface area contributed by atoms with Crippen LogP contribution >= 0.6 is 0 Å². The SMILES string of the molecule is CN(C(=O)c1ccc2c(c1)CCNC2)C1CCCCC1. The van der Waals surface area contributed by atoms with Gasteiger partial charge in [0.05, 0.1) is 0 Å². The van der Waals surface area contributed by atoms with Gasteiger partial charge < -0.3 is 10.2 Å². The lowest BCUT2D eigenvalue weighted by Gasteiger charge is -2.31. The Balaban J connectivity index is 1.75. The fraction of sp³-hybridized carbons (Fsp3) is 0.588. The van der Waals surface area contributed by atoms with E-state index in [1.807, 2.05) is 18.0 Å². The summed E-state index contributed by atoms with van der Waals surface area (Å²) in [6.45, 7) is 1.95. The summed E-state index contributed by atoms with van der Waals surface area (Å²) < 4.78 is 0. The van der Waals surface area contributed by atoms with E-state index in [4.69, 9.17) is 0 Å². The number of rotatable bonds is 2. The smallest absolute Gasteiger partial charge is 0.253 e. The molecule has 0 bridgehead atoms. The van der Waals surface area contributed by atoms with Gasteiger partial charge >= 0.3 is 0 Å². The van der Waals surface area contributed by atoms with Crippen molar-refractivity contribution in [1.82, 2.24) is 10.2 Å². The van der Waals surface area contributed by atoms with Crippen LogP contribution < -0.4 is 5.32 Å². The predicted molar refractivity (Wildman–Crippen MR) is 80.8 cm³/mol. The Kier molecular flexibility index (Phi) is 4.06. The Morgan fingerprint density at radius 2 is 2.00 bits per heavy atom. The van der Waals surface area contributed by atoms with E-state index < -0.39 is 0 Å². The molecule has 0 saturated heterocycles. The molecule has 1 fully saturated rings. The van der Waals surface area contributed by atoms with Crippen LogP contribution in [0.4, 0.5) is 0 Å². The summed E-state index contributed by atoms with van der Waals surface area (Å²) in [5, 5.41) is 3.37. The first-order valence-corrected chi connectivity index (χ1v) is 7.85. The lowest BCUT2D eigenvalue weighted by molar-refractivity contribution is 0.0696. The molecule has 1 aromatic carbocycles. The van der Waals surface area contributed by atoms with E-state index in [1.165, 1.54) is 30.4 Å². The molecular formula is C17H24N2O. The first-order valence-electron chi connectivity index (χ1n) is 7.85. The summed E-state index contributed by atoms with van der Waals surface area (Å²) in [4.78, 5) is 14.6. The number of amides is 1. The van der Waals surface area contributed by atoms with Crippen molar-refractivity contribution < 1.29 is 4.79 Å². The quantitative estimate of drug-likeness (QED) is 0.898.